The van der Waals surface area contributed by atoms with Crippen molar-refractivity contribution in [2.75, 3.05) is 5.01 Å². The molecule has 0 saturated heterocycles. The first-order chi connectivity index (χ1) is 19.9. The average molecular weight is 631 g/mol. The van der Waals surface area contributed by atoms with Crippen LogP contribution in [-0.4, -0.2) is 10.7 Å². The number of benzene rings is 3. The number of aromatic nitrogens is 1. The predicted octanol–water partition coefficient (Wildman–Crippen LogP) is 8.76. The van der Waals surface area contributed by atoms with E-state index in [-0.39, 0.29) is 23.6 Å². The Morgan fingerprint density at radius 2 is 1.76 bits per heavy atom. The first kappa shape index (κ1) is 26.0. The minimum atomic E-state index is -0.460. The van der Waals surface area contributed by atoms with Crippen molar-refractivity contribution in [3.05, 3.63) is 121 Å². The monoisotopic (exact) mass is 629 g/mol. The molecular weight excluding hydrogens is 608 g/mol. The number of rotatable bonds is 4. The number of allylic oxidation sites excluding steroid dienone is 1. The molecule has 1 aliphatic carbocycles. The number of hydrogen-bond acceptors (Lipinski definition) is 6. The molecule has 0 unspecified atom stereocenters. The molecule has 1 saturated carbocycles. The molecule has 0 radical (unpaired) electrons. The van der Waals surface area contributed by atoms with E-state index in [1.807, 2.05) is 22.5 Å². The molecule has 2 aliphatic rings. The normalized spacial score (nSPS) is 19.5. The van der Waals surface area contributed by atoms with Crippen LogP contribution in [0.25, 0.3) is 28.3 Å². The highest BCUT2D eigenvalue weighted by Gasteiger charge is 2.43. The van der Waals surface area contributed by atoms with Gasteiger partial charge in [0.1, 0.15) is 17.2 Å². The first-order valence-corrected chi connectivity index (χ1v) is 14.9. The van der Waals surface area contributed by atoms with Crippen LogP contribution in [0.4, 0.5) is 13.9 Å². The Balaban J connectivity index is 1.31. The van der Waals surface area contributed by atoms with Crippen molar-refractivity contribution in [1.29, 1.82) is 0 Å². The lowest BCUT2D eigenvalue weighted by atomic mass is 9.77. The summed E-state index contributed by atoms with van der Waals surface area (Å²) in [5, 5.41) is 10.3. The van der Waals surface area contributed by atoms with Gasteiger partial charge in [0.15, 0.2) is 0 Å². The second-order valence-electron chi connectivity index (χ2n) is 10.2. The number of anilines is 1. The third-order valence-electron chi connectivity index (χ3n) is 7.58. The molecule has 5 aromatic rings. The number of halogens is 3. The molecule has 0 bridgehead atoms. The summed E-state index contributed by atoms with van der Waals surface area (Å²) >= 11 is 4.87. The van der Waals surface area contributed by atoms with Gasteiger partial charge in [0.2, 0.25) is 5.13 Å². The predicted molar refractivity (Wildman–Crippen MR) is 162 cm³/mol. The van der Waals surface area contributed by atoms with Crippen molar-refractivity contribution >= 4 is 55.2 Å². The van der Waals surface area contributed by atoms with Crippen molar-refractivity contribution in [2.24, 2.45) is 11.0 Å². The largest absolute Gasteiger partial charge is 0.422 e. The van der Waals surface area contributed by atoms with Crippen LogP contribution in [0.2, 0.25) is 0 Å². The Labute approximate surface area is 246 Å². The lowest BCUT2D eigenvalue weighted by Gasteiger charge is -2.29. The fourth-order valence-electron chi connectivity index (χ4n) is 5.68. The van der Waals surface area contributed by atoms with Gasteiger partial charge in [-0.15, -0.1) is 11.3 Å². The molecule has 2 aromatic heterocycles. The van der Waals surface area contributed by atoms with Crippen LogP contribution in [0.15, 0.2) is 103 Å². The zero-order valence-electron chi connectivity index (χ0n) is 21.6. The van der Waals surface area contributed by atoms with Gasteiger partial charge in [-0.3, -0.25) is 0 Å². The van der Waals surface area contributed by atoms with Gasteiger partial charge in [-0.1, -0.05) is 40.2 Å². The van der Waals surface area contributed by atoms with Crippen LogP contribution >= 0.6 is 27.3 Å². The molecule has 5 nitrogen and oxygen atoms in total. The van der Waals surface area contributed by atoms with Crippen LogP contribution in [0.3, 0.4) is 0 Å². The molecule has 2 atom stereocenters. The number of nitrogens with zero attached hydrogens (tertiary/aromatic N) is 3. The molecule has 1 fully saturated rings. The van der Waals surface area contributed by atoms with Gasteiger partial charge in [-0.2, -0.15) is 5.10 Å². The summed E-state index contributed by atoms with van der Waals surface area (Å²) < 4.78 is 33.9. The topological polar surface area (TPSA) is 58.7 Å². The van der Waals surface area contributed by atoms with E-state index >= 15 is 0 Å². The Kier molecular flexibility index (Phi) is 6.63. The second kappa shape index (κ2) is 10.5. The Hall–Kier alpha value is -3.95. The van der Waals surface area contributed by atoms with Crippen molar-refractivity contribution < 1.29 is 13.2 Å². The third-order valence-corrected chi connectivity index (χ3v) is 8.91. The molecule has 3 aromatic carbocycles. The fraction of sp³-hybridized carbons (Fsp3) is 0.156. The maximum absolute atomic E-state index is 13.9. The smallest absolute Gasteiger partial charge is 0.345 e. The van der Waals surface area contributed by atoms with E-state index in [1.165, 1.54) is 35.6 Å². The number of thiazole rings is 1. The highest BCUT2D eigenvalue weighted by molar-refractivity contribution is 9.10. The van der Waals surface area contributed by atoms with Crippen molar-refractivity contribution in [3.8, 4) is 11.3 Å². The molecule has 1 aliphatic heterocycles. The molecule has 0 spiro atoms. The van der Waals surface area contributed by atoms with Gasteiger partial charge in [-0.05, 0) is 90.6 Å². The average Bonchev–Trinajstić information content (AvgIpc) is 3.61. The summed E-state index contributed by atoms with van der Waals surface area (Å²) in [4.78, 5) is 17.7. The summed E-state index contributed by atoms with van der Waals surface area (Å²) in [6, 6.07) is 20.0. The fourth-order valence-corrected chi connectivity index (χ4v) is 6.87. The summed E-state index contributed by atoms with van der Waals surface area (Å²) in [5.74, 6) is -0.510. The zero-order chi connectivity index (χ0) is 28.1. The van der Waals surface area contributed by atoms with Gasteiger partial charge >= 0.3 is 5.63 Å². The summed E-state index contributed by atoms with van der Waals surface area (Å²) in [6.07, 6.45) is 4.81. The lowest BCUT2D eigenvalue weighted by molar-refractivity contribution is 0.486. The standard InChI is InChI=1S/C32H22BrF2N3O2S/c33-22-8-13-28-21(15-22)16-26(31(39)40-28)27-17-41-32(36-27)38-30(19-6-11-24(35)12-7-19)25-3-1-2-20(29(25)37-38)14-18-4-9-23(34)10-5-18/h4-17,25,30H,1-3H2/b20-14-/t25-,30+/m0/s1. The maximum atomic E-state index is 13.9. The summed E-state index contributed by atoms with van der Waals surface area (Å²) in [7, 11) is 0. The van der Waals surface area contributed by atoms with Crippen LogP contribution in [-0.2, 0) is 0 Å². The van der Waals surface area contributed by atoms with Gasteiger partial charge in [0.25, 0.3) is 0 Å². The van der Waals surface area contributed by atoms with E-state index in [4.69, 9.17) is 14.5 Å². The number of fused-ring (bicyclic) bond motifs is 2. The molecular formula is C32H22BrF2N3O2S. The van der Waals surface area contributed by atoms with E-state index in [1.54, 1.807) is 36.4 Å². The van der Waals surface area contributed by atoms with Gasteiger partial charge in [-0.25, -0.2) is 23.6 Å². The highest BCUT2D eigenvalue weighted by atomic mass is 79.9. The zero-order valence-corrected chi connectivity index (χ0v) is 24.0. The Morgan fingerprint density at radius 3 is 2.54 bits per heavy atom. The molecule has 3 heterocycles. The molecule has 0 amide bonds. The maximum Gasteiger partial charge on any atom is 0.345 e. The highest BCUT2D eigenvalue weighted by Crippen LogP contribution is 2.47. The molecule has 9 heteroatoms. The van der Waals surface area contributed by atoms with E-state index in [0.29, 0.717) is 22.0 Å². The van der Waals surface area contributed by atoms with E-state index in [0.717, 1.165) is 51.5 Å². The van der Waals surface area contributed by atoms with Gasteiger partial charge in [0, 0.05) is 21.2 Å². The Morgan fingerprint density at radius 1 is 1.00 bits per heavy atom. The Bertz CT molecular complexity index is 1900. The molecule has 7 rings (SSSR count). The molecule has 0 N–H and O–H groups in total. The minimum Gasteiger partial charge on any atom is -0.422 e. The molecule has 41 heavy (non-hydrogen) atoms. The van der Waals surface area contributed by atoms with Crippen LogP contribution in [0, 0.1) is 17.6 Å². The quantitative estimate of drug-likeness (QED) is 0.186. The van der Waals surface area contributed by atoms with Crippen LogP contribution in [0.5, 0.6) is 0 Å². The van der Waals surface area contributed by atoms with Crippen LogP contribution < -0.4 is 10.6 Å². The SMILES string of the molecule is O=c1oc2ccc(Br)cc2cc1-c1csc(N2N=C3/C(=C\c4ccc(F)cc4)CCC[C@@H]3[C@H]2c2ccc(F)cc2)n1. The third kappa shape index (κ3) is 4.93. The lowest BCUT2D eigenvalue weighted by Crippen LogP contribution is -2.28. The van der Waals surface area contributed by atoms with Crippen molar-refractivity contribution in [3.63, 3.8) is 0 Å². The van der Waals surface area contributed by atoms with Gasteiger partial charge < -0.3 is 4.42 Å². The first-order valence-electron chi connectivity index (χ1n) is 13.2. The summed E-state index contributed by atoms with van der Waals surface area (Å²) in [6.45, 7) is 0. The minimum absolute atomic E-state index is 0.0661. The van der Waals surface area contributed by atoms with E-state index < -0.39 is 5.63 Å². The molecule has 204 valence electrons. The summed E-state index contributed by atoms with van der Waals surface area (Å²) in [5.41, 5.74) is 4.83. The van der Waals surface area contributed by atoms with Crippen molar-refractivity contribution in [1.82, 2.24) is 4.98 Å². The number of hydrazone groups is 1. The number of hydrogen-bond donors (Lipinski definition) is 0. The van der Waals surface area contributed by atoms with Crippen LogP contribution in [0.1, 0.15) is 36.4 Å². The van der Waals surface area contributed by atoms with Gasteiger partial charge in [0.05, 0.1) is 23.0 Å². The second-order valence-corrected chi connectivity index (χ2v) is 11.9. The van der Waals surface area contributed by atoms with Crippen molar-refractivity contribution in [2.45, 2.75) is 25.3 Å². The van der Waals surface area contributed by atoms with E-state index in [2.05, 4.69) is 22.0 Å². The van der Waals surface area contributed by atoms with E-state index in [9.17, 15) is 13.6 Å².